The van der Waals surface area contributed by atoms with Crippen molar-refractivity contribution in [3.63, 3.8) is 0 Å². The number of nitrogens with one attached hydrogen (secondary N) is 1. The number of amides is 1. The standard InChI is InChI=1S/C24H31N9O/c1-15(2)31(5)21-11-16-17(19(27-21)12-25-3)13-33(24(16)34)20-8-6-7-18(26-20)23-29-28-22-14-30(4)9-10-32(22)23/h6-8,11,15,25H,9-10,12-14H2,1-5H3. The number of hydrogen-bond donors (Lipinski definition) is 1. The Morgan fingerprint density at radius 2 is 1.97 bits per heavy atom. The molecule has 5 heterocycles. The number of likely N-dealkylation sites (N-methyl/N-ethyl adjacent to an activating group) is 1. The molecule has 0 saturated heterocycles. The number of pyridine rings is 2. The molecular formula is C24H31N9O. The first-order valence-electron chi connectivity index (χ1n) is 11.7. The van der Waals surface area contributed by atoms with Crippen molar-refractivity contribution in [1.82, 2.24) is 34.9 Å². The Balaban J connectivity index is 1.50. The average molecular weight is 462 g/mol. The van der Waals surface area contributed by atoms with E-state index in [1.807, 2.05) is 38.4 Å². The number of anilines is 2. The van der Waals surface area contributed by atoms with E-state index in [0.29, 0.717) is 24.5 Å². The van der Waals surface area contributed by atoms with E-state index in [0.717, 1.165) is 54.1 Å². The predicted octanol–water partition coefficient (Wildman–Crippen LogP) is 1.90. The van der Waals surface area contributed by atoms with Gasteiger partial charge in [-0.3, -0.25) is 14.6 Å². The molecule has 10 heteroatoms. The summed E-state index contributed by atoms with van der Waals surface area (Å²) in [5.41, 5.74) is 3.26. The molecule has 0 bridgehead atoms. The molecule has 34 heavy (non-hydrogen) atoms. The summed E-state index contributed by atoms with van der Waals surface area (Å²) < 4.78 is 2.12. The lowest BCUT2D eigenvalue weighted by Gasteiger charge is -2.24. The topological polar surface area (TPSA) is 95.3 Å². The second-order valence-electron chi connectivity index (χ2n) is 9.29. The molecule has 0 aliphatic carbocycles. The van der Waals surface area contributed by atoms with Crippen molar-refractivity contribution in [2.45, 2.75) is 46.1 Å². The van der Waals surface area contributed by atoms with Crippen LogP contribution in [-0.2, 0) is 26.2 Å². The smallest absolute Gasteiger partial charge is 0.260 e. The van der Waals surface area contributed by atoms with Gasteiger partial charge in [0.05, 0.1) is 24.3 Å². The third kappa shape index (κ3) is 3.82. The summed E-state index contributed by atoms with van der Waals surface area (Å²) in [6.07, 6.45) is 0. The van der Waals surface area contributed by atoms with Gasteiger partial charge in [0.15, 0.2) is 5.82 Å². The summed E-state index contributed by atoms with van der Waals surface area (Å²) in [5, 5.41) is 12.0. The van der Waals surface area contributed by atoms with E-state index < -0.39 is 0 Å². The molecule has 5 rings (SSSR count). The van der Waals surface area contributed by atoms with Crippen LogP contribution in [0.5, 0.6) is 0 Å². The molecule has 0 radical (unpaired) electrons. The fourth-order valence-electron chi connectivity index (χ4n) is 4.46. The first kappa shape index (κ1) is 22.4. The second-order valence-corrected chi connectivity index (χ2v) is 9.29. The van der Waals surface area contributed by atoms with E-state index in [1.54, 1.807) is 4.90 Å². The number of nitrogens with zero attached hydrogens (tertiary/aromatic N) is 8. The van der Waals surface area contributed by atoms with Gasteiger partial charge in [0.2, 0.25) is 0 Å². The van der Waals surface area contributed by atoms with Crippen LogP contribution in [0.2, 0.25) is 0 Å². The summed E-state index contributed by atoms with van der Waals surface area (Å²) in [6, 6.07) is 7.91. The van der Waals surface area contributed by atoms with Gasteiger partial charge in [0.25, 0.3) is 5.91 Å². The Morgan fingerprint density at radius 1 is 1.15 bits per heavy atom. The van der Waals surface area contributed by atoms with Gasteiger partial charge in [-0.2, -0.15) is 0 Å². The maximum absolute atomic E-state index is 13.5. The quantitative estimate of drug-likeness (QED) is 0.595. The molecule has 10 nitrogen and oxygen atoms in total. The molecule has 0 fully saturated rings. The van der Waals surface area contributed by atoms with E-state index in [-0.39, 0.29) is 11.9 Å². The molecule has 2 aliphatic rings. The van der Waals surface area contributed by atoms with Crippen LogP contribution in [0.4, 0.5) is 11.6 Å². The molecule has 0 unspecified atom stereocenters. The molecule has 1 N–H and O–H groups in total. The van der Waals surface area contributed by atoms with E-state index in [4.69, 9.17) is 9.97 Å². The Hall–Kier alpha value is -3.37. The van der Waals surface area contributed by atoms with Crippen LogP contribution < -0.4 is 15.1 Å². The third-order valence-corrected chi connectivity index (χ3v) is 6.65. The van der Waals surface area contributed by atoms with Crippen molar-refractivity contribution in [1.29, 1.82) is 0 Å². The number of aromatic nitrogens is 5. The van der Waals surface area contributed by atoms with Gasteiger partial charge in [-0.1, -0.05) is 6.07 Å². The third-order valence-electron chi connectivity index (χ3n) is 6.65. The lowest BCUT2D eigenvalue weighted by Crippen LogP contribution is -2.30. The summed E-state index contributed by atoms with van der Waals surface area (Å²) in [6.45, 7) is 7.78. The fourth-order valence-corrected chi connectivity index (χ4v) is 4.46. The van der Waals surface area contributed by atoms with Crippen molar-refractivity contribution >= 4 is 17.5 Å². The maximum atomic E-state index is 13.5. The van der Waals surface area contributed by atoms with E-state index in [1.165, 1.54) is 0 Å². The second kappa shape index (κ2) is 8.77. The first-order valence-corrected chi connectivity index (χ1v) is 11.7. The molecule has 0 aromatic carbocycles. The molecule has 2 aliphatic heterocycles. The minimum Gasteiger partial charge on any atom is -0.357 e. The van der Waals surface area contributed by atoms with Crippen molar-refractivity contribution in [3.05, 3.63) is 46.9 Å². The Kier molecular flexibility index (Phi) is 5.78. The molecule has 3 aromatic heterocycles. The Labute approximate surface area is 199 Å². The van der Waals surface area contributed by atoms with Crippen molar-refractivity contribution in [2.24, 2.45) is 0 Å². The summed E-state index contributed by atoms with van der Waals surface area (Å²) >= 11 is 0. The van der Waals surface area contributed by atoms with Crippen LogP contribution >= 0.6 is 0 Å². The van der Waals surface area contributed by atoms with E-state index in [9.17, 15) is 4.79 Å². The van der Waals surface area contributed by atoms with Crippen LogP contribution in [0.25, 0.3) is 11.5 Å². The lowest BCUT2D eigenvalue weighted by molar-refractivity contribution is 0.0996. The van der Waals surface area contributed by atoms with Crippen molar-refractivity contribution in [2.75, 3.05) is 37.5 Å². The zero-order valence-electron chi connectivity index (χ0n) is 20.4. The number of rotatable bonds is 6. The van der Waals surface area contributed by atoms with Crippen LogP contribution in [-0.4, -0.2) is 69.3 Å². The van der Waals surface area contributed by atoms with Crippen molar-refractivity contribution in [3.8, 4) is 11.5 Å². The van der Waals surface area contributed by atoms with E-state index in [2.05, 4.69) is 50.8 Å². The Bertz CT molecular complexity index is 1240. The largest absolute Gasteiger partial charge is 0.357 e. The highest BCUT2D eigenvalue weighted by Crippen LogP contribution is 2.32. The van der Waals surface area contributed by atoms with Crippen LogP contribution in [0.3, 0.4) is 0 Å². The monoisotopic (exact) mass is 461 g/mol. The normalized spacial score (nSPS) is 15.7. The van der Waals surface area contributed by atoms with Gasteiger partial charge in [-0.25, -0.2) is 9.97 Å². The Morgan fingerprint density at radius 3 is 2.74 bits per heavy atom. The molecule has 3 aromatic rings. The molecule has 1 amide bonds. The molecule has 178 valence electrons. The zero-order chi connectivity index (χ0) is 24.0. The highest BCUT2D eigenvalue weighted by molar-refractivity contribution is 6.10. The molecule has 0 saturated carbocycles. The predicted molar refractivity (Wildman–Crippen MR) is 131 cm³/mol. The lowest BCUT2D eigenvalue weighted by atomic mass is 10.1. The fraction of sp³-hybridized carbons (Fsp3) is 0.458. The van der Waals surface area contributed by atoms with Gasteiger partial charge in [-0.05, 0) is 46.1 Å². The maximum Gasteiger partial charge on any atom is 0.260 e. The van der Waals surface area contributed by atoms with Gasteiger partial charge in [0.1, 0.15) is 23.2 Å². The number of hydrogen-bond acceptors (Lipinski definition) is 8. The summed E-state index contributed by atoms with van der Waals surface area (Å²) in [7, 11) is 5.97. The zero-order valence-corrected chi connectivity index (χ0v) is 20.4. The minimum absolute atomic E-state index is 0.0530. The molecule has 0 atom stereocenters. The van der Waals surface area contributed by atoms with Gasteiger partial charge in [0, 0.05) is 38.3 Å². The minimum atomic E-state index is -0.0530. The number of fused-ring (bicyclic) bond motifs is 2. The first-order chi connectivity index (χ1) is 16.4. The van der Waals surface area contributed by atoms with Crippen LogP contribution in [0.15, 0.2) is 24.3 Å². The highest BCUT2D eigenvalue weighted by Gasteiger charge is 2.33. The summed E-state index contributed by atoms with van der Waals surface area (Å²) in [5.74, 6) is 3.04. The number of carbonyl (C=O) groups is 1. The molecule has 0 spiro atoms. The SMILES string of the molecule is CNCc1nc(N(C)C(C)C)cc2c1CN(c1cccc(-c3nnc4n3CCN(C)C4)n1)C2=O. The van der Waals surface area contributed by atoms with E-state index >= 15 is 0 Å². The summed E-state index contributed by atoms with van der Waals surface area (Å²) in [4.78, 5) is 29.3. The average Bonchev–Trinajstić information content (AvgIpc) is 3.39. The molecular weight excluding hydrogens is 430 g/mol. The van der Waals surface area contributed by atoms with Crippen LogP contribution in [0.1, 0.15) is 41.3 Å². The highest BCUT2D eigenvalue weighted by atomic mass is 16.2. The van der Waals surface area contributed by atoms with Gasteiger partial charge >= 0.3 is 0 Å². The number of carbonyl (C=O) groups excluding carboxylic acids is 1. The van der Waals surface area contributed by atoms with Gasteiger partial charge in [-0.15, -0.1) is 10.2 Å². The van der Waals surface area contributed by atoms with Gasteiger partial charge < -0.3 is 14.8 Å². The van der Waals surface area contributed by atoms with Crippen molar-refractivity contribution < 1.29 is 4.79 Å². The van der Waals surface area contributed by atoms with Crippen LogP contribution in [0, 0.1) is 0 Å².